The number of rotatable bonds is 10. The highest BCUT2D eigenvalue weighted by atomic mass is 16.5. The fraction of sp³-hybridized carbons (Fsp3) is 0.769. The number of aromatic carboxylic acids is 1. The van der Waals surface area contributed by atoms with E-state index in [4.69, 9.17) is 14.6 Å². The first kappa shape index (κ1) is 16.6. The van der Waals surface area contributed by atoms with E-state index in [9.17, 15) is 4.79 Å². The highest BCUT2D eigenvalue weighted by molar-refractivity contribution is 5.86. The summed E-state index contributed by atoms with van der Waals surface area (Å²) in [6.45, 7) is 6.41. The minimum atomic E-state index is -1.07. The molecule has 114 valence electrons. The molecule has 0 unspecified atom stereocenters. The normalized spacial score (nSPS) is 11.2. The zero-order valence-corrected chi connectivity index (χ0v) is 12.3. The first-order chi connectivity index (χ1) is 9.56. The van der Waals surface area contributed by atoms with Gasteiger partial charge in [0.1, 0.15) is 0 Å². The molecule has 0 bridgehead atoms. The van der Waals surface area contributed by atoms with Crippen molar-refractivity contribution in [2.24, 2.45) is 5.92 Å². The SMILES string of the molecule is COCCc1c(C(=O)O)nnn1CCOCCC(C)C. The van der Waals surface area contributed by atoms with Crippen molar-refractivity contribution in [1.82, 2.24) is 15.0 Å². The van der Waals surface area contributed by atoms with Crippen molar-refractivity contribution in [2.45, 2.75) is 33.2 Å². The summed E-state index contributed by atoms with van der Waals surface area (Å²) in [5.41, 5.74) is 0.566. The summed E-state index contributed by atoms with van der Waals surface area (Å²) in [5, 5.41) is 16.6. The van der Waals surface area contributed by atoms with Crippen molar-refractivity contribution >= 4 is 5.97 Å². The zero-order chi connectivity index (χ0) is 15.0. The van der Waals surface area contributed by atoms with Crippen LogP contribution in [0, 0.1) is 5.92 Å². The Balaban J connectivity index is 2.53. The highest BCUT2D eigenvalue weighted by Gasteiger charge is 2.18. The van der Waals surface area contributed by atoms with Crippen molar-refractivity contribution in [3.63, 3.8) is 0 Å². The molecule has 0 aliphatic heterocycles. The molecule has 0 aromatic carbocycles. The topological polar surface area (TPSA) is 86.5 Å². The molecule has 1 heterocycles. The van der Waals surface area contributed by atoms with Gasteiger partial charge in [-0.2, -0.15) is 0 Å². The van der Waals surface area contributed by atoms with Gasteiger partial charge in [0.2, 0.25) is 0 Å². The Bertz CT molecular complexity index is 418. The average molecular weight is 285 g/mol. The molecule has 1 rings (SSSR count). The number of nitrogens with zero attached hydrogens (tertiary/aromatic N) is 3. The van der Waals surface area contributed by atoms with Gasteiger partial charge in [0.15, 0.2) is 5.69 Å². The van der Waals surface area contributed by atoms with Gasteiger partial charge in [-0.3, -0.25) is 0 Å². The second-order valence-corrected chi connectivity index (χ2v) is 4.95. The first-order valence-electron chi connectivity index (χ1n) is 6.78. The Labute approximate surface area is 118 Å². The standard InChI is InChI=1S/C13H23N3O4/c1-10(2)4-8-20-9-6-16-11(5-7-19-3)12(13(17)18)14-15-16/h10H,4-9H2,1-3H3,(H,17,18). The van der Waals surface area contributed by atoms with E-state index in [0.29, 0.717) is 44.4 Å². The molecule has 0 spiro atoms. The Hall–Kier alpha value is -1.47. The minimum absolute atomic E-state index is 0.00997. The zero-order valence-electron chi connectivity index (χ0n) is 12.3. The fourth-order valence-electron chi connectivity index (χ4n) is 1.70. The van der Waals surface area contributed by atoms with E-state index in [1.54, 1.807) is 11.8 Å². The van der Waals surface area contributed by atoms with Crippen molar-refractivity contribution in [3.05, 3.63) is 11.4 Å². The van der Waals surface area contributed by atoms with Crippen LogP contribution < -0.4 is 0 Å². The molecular weight excluding hydrogens is 262 g/mol. The van der Waals surface area contributed by atoms with Crippen molar-refractivity contribution < 1.29 is 19.4 Å². The molecule has 1 N–H and O–H groups in total. The van der Waals surface area contributed by atoms with Crippen LogP contribution in [-0.4, -0.2) is 53.0 Å². The van der Waals surface area contributed by atoms with Crippen molar-refractivity contribution in [1.29, 1.82) is 0 Å². The van der Waals surface area contributed by atoms with Crippen LogP contribution in [0.1, 0.15) is 36.5 Å². The lowest BCUT2D eigenvalue weighted by Crippen LogP contribution is -2.14. The summed E-state index contributed by atoms with van der Waals surface area (Å²) >= 11 is 0. The lowest BCUT2D eigenvalue weighted by molar-refractivity contribution is 0.0688. The second-order valence-electron chi connectivity index (χ2n) is 4.95. The molecule has 0 atom stereocenters. The third-order valence-corrected chi connectivity index (χ3v) is 2.87. The molecule has 0 saturated heterocycles. The summed E-state index contributed by atoms with van der Waals surface area (Å²) in [6, 6.07) is 0. The lowest BCUT2D eigenvalue weighted by Gasteiger charge is -2.08. The summed E-state index contributed by atoms with van der Waals surface area (Å²) in [4.78, 5) is 11.1. The second kappa shape index (κ2) is 8.65. The van der Waals surface area contributed by atoms with E-state index in [0.717, 1.165) is 6.42 Å². The average Bonchev–Trinajstić information content (AvgIpc) is 2.78. The van der Waals surface area contributed by atoms with Gasteiger partial charge >= 0.3 is 5.97 Å². The Morgan fingerprint density at radius 3 is 2.70 bits per heavy atom. The van der Waals surface area contributed by atoms with E-state index in [1.807, 2.05) is 0 Å². The van der Waals surface area contributed by atoms with Crippen molar-refractivity contribution in [3.8, 4) is 0 Å². The predicted molar refractivity (Wildman–Crippen MR) is 72.8 cm³/mol. The third kappa shape index (κ3) is 5.26. The van der Waals surface area contributed by atoms with Gasteiger partial charge in [0, 0.05) is 20.1 Å². The smallest absolute Gasteiger partial charge is 0.358 e. The van der Waals surface area contributed by atoms with Gasteiger partial charge in [0.05, 0.1) is 25.5 Å². The van der Waals surface area contributed by atoms with Crippen LogP contribution in [0.25, 0.3) is 0 Å². The monoisotopic (exact) mass is 285 g/mol. The maximum Gasteiger partial charge on any atom is 0.358 e. The van der Waals surface area contributed by atoms with Crippen molar-refractivity contribution in [2.75, 3.05) is 26.9 Å². The molecule has 1 aromatic heterocycles. The minimum Gasteiger partial charge on any atom is -0.476 e. The van der Waals surface area contributed by atoms with Crippen LogP contribution >= 0.6 is 0 Å². The molecule has 0 aliphatic carbocycles. The third-order valence-electron chi connectivity index (χ3n) is 2.87. The fourth-order valence-corrected chi connectivity index (χ4v) is 1.70. The molecule has 7 nitrogen and oxygen atoms in total. The van der Waals surface area contributed by atoms with Gasteiger partial charge < -0.3 is 14.6 Å². The van der Waals surface area contributed by atoms with Gasteiger partial charge in [0.25, 0.3) is 0 Å². The van der Waals surface area contributed by atoms with Crippen LogP contribution in [-0.2, 0) is 22.4 Å². The number of carboxylic acid groups (broad SMARTS) is 1. The predicted octanol–water partition coefficient (Wildman–Crippen LogP) is 1.23. The Morgan fingerprint density at radius 2 is 2.10 bits per heavy atom. The number of carbonyl (C=O) groups is 1. The maximum atomic E-state index is 11.1. The molecule has 0 amide bonds. The summed E-state index contributed by atoms with van der Waals surface area (Å²) in [7, 11) is 1.57. The van der Waals surface area contributed by atoms with E-state index in [2.05, 4.69) is 24.2 Å². The van der Waals surface area contributed by atoms with E-state index in [-0.39, 0.29) is 5.69 Å². The quantitative estimate of drug-likeness (QED) is 0.651. The van der Waals surface area contributed by atoms with Gasteiger partial charge in [-0.1, -0.05) is 19.1 Å². The number of methoxy groups -OCH3 is 1. The maximum absolute atomic E-state index is 11.1. The van der Waals surface area contributed by atoms with Crippen LogP contribution in [0.5, 0.6) is 0 Å². The van der Waals surface area contributed by atoms with Crippen LogP contribution in [0.15, 0.2) is 0 Å². The van der Waals surface area contributed by atoms with Crippen LogP contribution in [0.4, 0.5) is 0 Å². The van der Waals surface area contributed by atoms with E-state index >= 15 is 0 Å². The molecule has 1 aromatic rings. The van der Waals surface area contributed by atoms with E-state index < -0.39 is 5.97 Å². The summed E-state index contributed by atoms with van der Waals surface area (Å²) < 4.78 is 12.1. The van der Waals surface area contributed by atoms with Crippen LogP contribution in [0.2, 0.25) is 0 Å². The first-order valence-corrected chi connectivity index (χ1v) is 6.78. The summed E-state index contributed by atoms with van der Waals surface area (Å²) in [5.74, 6) is -0.458. The van der Waals surface area contributed by atoms with Gasteiger partial charge in [-0.05, 0) is 12.3 Å². The number of aromatic nitrogens is 3. The molecule has 7 heteroatoms. The Kier molecular flexibility index (Phi) is 7.17. The Morgan fingerprint density at radius 1 is 1.35 bits per heavy atom. The molecule has 0 saturated carbocycles. The van der Waals surface area contributed by atoms with Gasteiger partial charge in [-0.15, -0.1) is 5.10 Å². The van der Waals surface area contributed by atoms with Gasteiger partial charge in [-0.25, -0.2) is 9.48 Å². The van der Waals surface area contributed by atoms with Crippen LogP contribution in [0.3, 0.4) is 0 Å². The highest BCUT2D eigenvalue weighted by Crippen LogP contribution is 2.07. The molecular formula is C13H23N3O4. The largest absolute Gasteiger partial charge is 0.476 e. The summed E-state index contributed by atoms with van der Waals surface area (Å²) in [6.07, 6.45) is 1.48. The lowest BCUT2D eigenvalue weighted by atomic mass is 10.1. The number of hydrogen-bond donors (Lipinski definition) is 1. The molecule has 0 fully saturated rings. The number of ether oxygens (including phenoxy) is 2. The number of carboxylic acids is 1. The van der Waals surface area contributed by atoms with E-state index in [1.165, 1.54) is 0 Å². The molecule has 20 heavy (non-hydrogen) atoms. The molecule has 0 aliphatic rings. The number of hydrogen-bond acceptors (Lipinski definition) is 5. The molecule has 0 radical (unpaired) electrons.